The van der Waals surface area contributed by atoms with Gasteiger partial charge in [0.2, 0.25) is 5.89 Å². The van der Waals surface area contributed by atoms with E-state index in [1.54, 1.807) is 17.8 Å². The third kappa shape index (κ3) is 1.51. The molecule has 2 rings (SSSR count). The van der Waals surface area contributed by atoms with E-state index in [0.29, 0.717) is 11.7 Å². The Morgan fingerprint density at radius 2 is 2.36 bits per heavy atom. The van der Waals surface area contributed by atoms with Crippen molar-refractivity contribution in [2.75, 3.05) is 0 Å². The first-order valence-corrected chi connectivity index (χ1v) is 4.21. The predicted octanol–water partition coefficient (Wildman–Crippen LogP) is 0.160. The molecule has 2 heterocycles. The van der Waals surface area contributed by atoms with Crippen molar-refractivity contribution in [3.63, 3.8) is 0 Å². The lowest BCUT2D eigenvalue weighted by atomic mass is 10.2. The van der Waals surface area contributed by atoms with E-state index in [-0.39, 0.29) is 6.04 Å². The molecule has 0 radical (unpaired) electrons. The van der Waals surface area contributed by atoms with Crippen LogP contribution in [0.4, 0.5) is 0 Å². The summed E-state index contributed by atoms with van der Waals surface area (Å²) in [7, 11) is 1.83. The second-order valence-corrected chi connectivity index (χ2v) is 3.10. The number of aryl methyl sites for hydroxylation is 2. The van der Waals surface area contributed by atoms with E-state index in [2.05, 4.69) is 15.2 Å². The molecule has 6 heteroatoms. The number of nitrogens with zero attached hydrogens (tertiary/aromatic N) is 4. The Hall–Kier alpha value is -1.69. The van der Waals surface area contributed by atoms with Crippen LogP contribution in [0.15, 0.2) is 16.9 Å². The van der Waals surface area contributed by atoms with E-state index in [0.717, 1.165) is 5.56 Å². The first-order chi connectivity index (χ1) is 6.66. The Labute approximate surface area is 80.7 Å². The molecule has 1 unspecified atom stereocenters. The van der Waals surface area contributed by atoms with Crippen molar-refractivity contribution in [2.24, 2.45) is 12.8 Å². The Morgan fingerprint density at radius 3 is 2.86 bits per heavy atom. The second kappa shape index (κ2) is 3.22. The minimum absolute atomic E-state index is 0.374. The molecule has 0 spiro atoms. The summed E-state index contributed by atoms with van der Waals surface area (Å²) in [4.78, 5) is 4.06. The van der Waals surface area contributed by atoms with Crippen molar-refractivity contribution in [3.05, 3.63) is 29.7 Å². The van der Waals surface area contributed by atoms with E-state index in [4.69, 9.17) is 10.3 Å². The van der Waals surface area contributed by atoms with E-state index in [1.165, 1.54) is 0 Å². The second-order valence-electron chi connectivity index (χ2n) is 3.10. The number of hydrogen-bond donors (Lipinski definition) is 1. The van der Waals surface area contributed by atoms with Crippen molar-refractivity contribution in [2.45, 2.75) is 13.0 Å². The maximum atomic E-state index is 5.90. The minimum atomic E-state index is -0.374. The van der Waals surface area contributed by atoms with Crippen LogP contribution in [-0.2, 0) is 7.05 Å². The lowest BCUT2D eigenvalue weighted by molar-refractivity contribution is 0.385. The van der Waals surface area contributed by atoms with Crippen LogP contribution >= 0.6 is 0 Å². The molecule has 0 aliphatic rings. The third-order valence-electron chi connectivity index (χ3n) is 1.91. The van der Waals surface area contributed by atoms with Crippen LogP contribution in [0.5, 0.6) is 0 Å². The van der Waals surface area contributed by atoms with Gasteiger partial charge in [-0.05, 0) is 0 Å². The smallest absolute Gasteiger partial charge is 0.223 e. The summed E-state index contributed by atoms with van der Waals surface area (Å²) in [5, 5.41) is 7.77. The molecule has 0 aliphatic heterocycles. The zero-order chi connectivity index (χ0) is 10.1. The molecule has 2 N–H and O–H groups in total. The molecule has 6 nitrogen and oxygen atoms in total. The quantitative estimate of drug-likeness (QED) is 0.734. The van der Waals surface area contributed by atoms with Gasteiger partial charge in [0.15, 0.2) is 5.82 Å². The fourth-order valence-corrected chi connectivity index (χ4v) is 1.19. The molecule has 0 aromatic carbocycles. The highest BCUT2D eigenvalue weighted by atomic mass is 16.5. The summed E-state index contributed by atoms with van der Waals surface area (Å²) < 4.78 is 6.53. The van der Waals surface area contributed by atoms with Crippen LogP contribution in [0.2, 0.25) is 0 Å². The van der Waals surface area contributed by atoms with Gasteiger partial charge < -0.3 is 10.3 Å². The fourth-order valence-electron chi connectivity index (χ4n) is 1.19. The molecule has 2 aromatic heterocycles. The maximum Gasteiger partial charge on any atom is 0.223 e. The van der Waals surface area contributed by atoms with E-state index in [9.17, 15) is 0 Å². The molecule has 0 aliphatic carbocycles. The molecular formula is C8H11N5O. The van der Waals surface area contributed by atoms with Crippen LogP contribution < -0.4 is 5.73 Å². The first kappa shape index (κ1) is 8.89. The van der Waals surface area contributed by atoms with Gasteiger partial charge in [-0.1, -0.05) is 5.16 Å². The average Bonchev–Trinajstić information content (AvgIpc) is 2.73. The summed E-state index contributed by atoms with van der Waals surface area (Å²) in [6.07, 6.45) is 3.52. The summed E-state index contributed by atoms with van der Waals surface area (Å²) >= 11 is 0. The third-order valence-corrected chi connectivity index (χ3v) is 1.91. The van der Waals surface area contributed by atoms with E-state index in [1.807, 2.05) is 13.2 Å². The van der Waals surface area contributed by atoms with Crippen molar-refractivity contribution < 1.29 is 4.52 Å². The van der Waals surface area contributed by atoms with E-state index >= 15 is 0 Å². The Bertz CT molecular complexity index is 392. The molecule has 0 bridgehead atoms. The molecule has 14 heavy (non-hydrogen) atoms. The number of hydrogen-bond acceptors (Lipinski definition) is 5. The Morgan fingerprint density at radius 1 is 1.57 bits per heavy atom. The van der Waals surface area contributed by atoms with Crippen molar-refractivity contribution in [1.82, 2.24) is 19.9 Å². The van der Waals surface area contributed by atoms with Crippen molar-refractivity contribution in [1.29, 1.82) is 0 Å². The fraction of sp³-hybridized carbons (Fsp3) is 0.375. The molecule has 0 saturated heterocycles. The lowest BCUT2D eigenvalue weighted by Gasteiger charge is -2.01. The highest BCUT2D eigenvalue weighted by molar-refractivity contribution is 5.17. The van der Waals surface area contributed by atoms with Crippen LogP contribution in [0.1, 0.15) is 23.3 Å². The monoisotopic (exact) mass is 193 g/mol. The van der Waals surface area contributed by atoms with Crippen LogP contribution in [0.3, 0.4) is 0 Å². The molecule has 0 saturated carbocycles. The number of rotatable bonds is 2. The largest absolute Gasteiger partial charge is 0.340 e. The minimum Gasteiger partial charge on any atom is -0.340 e. The number of aromatic nitrogens is 4. The standard InChI is InChI=1S/C8H11N5O/c1-5-11-8(12-14-5)7(9)6-3-10-13(2)4-6/h3-4,7H,9H2,1-2H3. The van der Waals surface area contributed by atoms with Crippen molar-refractivity contribution >= 4 is 0 Å². The Kier molecular flexibility index (Phi) is 2.05. The summed E-state index contributed by atoms with van der Waals surface area (Å²) in [5.41, 5.74) is 6.77. The normalized spacial score (nSPS) is 13.1. The van der Waals surface area contributed by atoms with E-state index < -0.39 is 0 Å². The molecule has 74 valence electrons. The van der Waals surface area contributed by atoms with Gasteiger partial charge >= 0.3 is 0 Å². The van der Waals surface area contributed by atoms with Crippen LogP contribution in [0.25, 0.3) is 0 Å². The van der Waals surface area contributed by atoms with Gasteiger partial charge in [0.1, 0.15) is 0 Å². The molecule has 1 atom stereocenters. The predicted molar refractivity (Wildman–Crippen MR) is 48.3 cm³/mol. The number of nitrogens with two attached hydrogens (primary N) is 1. The highest BCUT2D eigenvalue weighted by Crippen LogP contribution is 2.15. The summed E-state index contributed by atoms with van der Waals surface area (Å²) in [6, 6.07) is -0.374. The average molecular weight is 193 g/mol. The van der Waals surface area contributed by atoms with Crippen LogP contribution in [-0.4, -0.2) is 19.9 Å². The van der Waals surface area contributed by atoms with Gasteiger partial charge in [0.25, 0.3) is 0 Å². The topological polar surface area (TPSA) is 82.8 Å². The lowest BCUT2D eigenvalue weighted by Crippen LogP contribution is -2.12. The summed E-state index contributed by atoms with van der Waals surface area (Å²) in [6.45, 7) is 1.73. The van der Waals surface area contributed by atoms with Crippen LogP contribution in [0, 0.1) is 6.92 Å². The molecular weight excluding hydrogens is 182 g/mol. The highest BCUT2D eigenvalue weighted by Gasteiger charge is 2.15. The molecule has 0 fully saturated rings. The zero-order valence-electron chi connectivity index (χ0n) is 8.01. The maximum absolute atomic E-state index is 5.90. The summed E-state index contributed by atoms with van der Waals surface area (Å²) in [5.74, 6) is 0.995. The zero-order valence-corrected chi connectivity index (χ0v) is 8.01. The molecule has 2 aromatic rings. The van der Waals surface area contributed by atoms with Gasteiger partial charge in [0, 0.05) is 25.7 Å². The van der Waals surface area contributed by atoms with Gasteiger partial charge in [-0.25, -0.2) is 0 Å². The first-order valence-electron chi connectivity index (χ1n) is 4.21. The molecule has 0 amide bonds. The van der Waals surface area contributed by atoms with Gasteiger partial charge in [-0.2, -0.15) is 10.1 Å². The SMILES string of the molecule is Cc1nc(C(N)c2cnn(C)c2)no1. The Balaban J connectivity index is 2.28. The van der Waals surface area contributed by atoms with Gasteiger partial charge in [-0.15, -0.1) is 0 Å². The van der Waals surface area contributed by atoms with Gasteiger partial charge in [-0.3, -0.25) is 4.68 Å². The van der Waals surface area contributed by atoms with Gasteiger partial charge in [0.05, 0.1) is 12.2 Å². The van der Waals surface area contributed by atoms with Crippen molar-refractivity contribution in [3.8, 4) is 0 Å².